The van der Waals surface area contributed by atoms with Gasteiger partial charge >= 0.3 is 0 Å². The minimum Gasteiger partial charge on any atom is -0.508 e. The van der Waals surface area contributed by atoms with Crippen molar-refractivity contribution in [3.63, 3.8) is 0 Å². The van der Waals surface area contributed by atoms with Gasteiger partial charge in [-0.15, -0.1) is 0 Å². The lowest BCUT2D eigenvalue weighted by Gasteiger charge is -2.29. The first-order valence-corrected chi connectivity index (χ1v) is 35.9. The molecule has 0 unspecified atom stereocenters. The average molecular weight is 1510 g/mol. The molecule has 594 valence electrons. The Balaban J connectivity index is 1.81. The van der Waals surface area contributed by atoms with Crippen LogP contribution in [0.2, 0.25) is 0 Å². The van der Waals surface area contributed by atoms with Crippen LogP contribution in [0.3, 0.4) is 0 Å². The highest BCUT2D eigenvalue weighted by molar-refractivity contribution is 6.00. The zero-order valence-electron chi connectivity index (χ0n) is 61.6. The highest BCUT2D eigenvalue weighted by Crippen LogP contribution is 2.21. The molecule has 0 saturated heterocycles. The van der Waals surface area contributed by atoms with E-state index in [2.05, 4.69) is 87.9 Å². The molecular weight excluding hydrogens is 1390 g/mol. The van der Waals surface area contributed by atoms with Gasteiger partial charge in [0.05, 0.1) is 38.8 Å². The summed E-state index contributed by atoms with van der Waals surface area (Å²) < 4.78 is 0. The highest BCUT2D eigenvalue weighted by atomic mass is 16.3. The number of phenolic OH excluding ortho intramolecular Hbond substituents is 1. The second-order valence-electron chi connectivity index (χ2n) is 26.6. The van der Waals surface area contributed by atoms with E-state index in [0.29, 0.717) is 34.4 Å². The summed E-state index contributed by atoms with van der Waals surface area (Å²) in [5.41, 5.74) is 29.6. The number of fused-ring (bicyclic) bond motifs is 1. The maximum absolute atomic E-state index is 14.8. The normalized spacial score (nSPS) is 14.5. The lowest BCUT2D eigenvalue weighted by molar-refractivity contribution is -0.137. The van der Waals surface area contributed by atoms with E-state index in [1.165, 1.54) is 31.2 Å². The summed E-state index contributed by atoms with van der Waals surface area (Å²) in [6.07, 6.45) is 2.57. The van der Waals surface area contributed by atoms with Crippen molar-refractivity contribution in [3.8, 4) is 5.75 Å². The Hall–Kier alpha value is -10.4. The van der Waals surface area contributed by atoms with E-state index in [0.717, 1.165) is 26.2 Å². The smallest absolute Gasteiger partial charge is 0.245 e. The van der Waals surface area contributed by atoms with Gasteiger partial charge in [-0.2, -0.15) is 0 Å². The Kier molecular flexibility index (Phi) is 40.7. The second-order valence-corrected chi connectivity index (χ2v) is 26.6. The van der Waals surface area contributed by atoms with Crippen molar-refractivity contribution < 1.29 is 87.2 Å². The number of hydrogen-bond acceptors (Lipinski definition) is 21. The number of nitrogens with one attached hydrogen (secondary N) is 14. The number of carbonyl (C=O) groups excluding carboxylic acids is 15. The Labute approximate surface area is 620 Å². The molecule has 27 N–H and O–H groups in total. The van der Waals surface area contributed by atoms with Crippen LogP contribution >= 0.6 is 0 Å². The van der Waals surface area contributed by atoms with Gasteiger partial charge in [0.2, 0.25) is 88.6 Å². The molecule has 0 radical (unpaired) electrons. The number of primary amides is 2. The zero-order valence-corrected chi connectivity index (χ0v) is 61.6. The van der Waals surface area contributed by atoms with Crippen LogP contribution < -0.4 is 97.8 Å². The van der Waals surface area contributed by atoms with E-state index in [9.17, 15) is 87.2 Å². The number of aromatic nitrogens is 1. The van der Waals surface area contributed by atoms with Crippen LogP contribution in [0.15, 0.2) is 54.7 Å². The third kappa shape index (κ3) is 33.3. The van der Waals surface area contributed by atoms with Gasteiger partial charge in [-0.25, -0.2) is 0 Å². The number of phenols is 1. The van der Waals surface area contributed by atoms with E-state index in [1.807, 2.05) is 0 Å². The Bertz CT molecular complexity index is 3460. The Morgan fingerprint density at radius 2 is 0.935 bits per heavy atom. The number of aromatic amines is 1. The number of aromatic hydroxyl groups is 1. The Morgan fingerprint density at radius 3 is 1.49 bits per heavy atom. The second kappa shape index (κ2) is 48.0. The Morgan fingerprint density at radius 1 is 0.449 bits per heavy atom. The van der Waals surface area contributed by atoms with Gasteiger partial charge in [0.15, 0.2) is 0 Å². The summed E-state index contributed by atoms with van der Waals surface area (Å²) in [5, 5.41) is 63.8. The fourth-order valence-electron chi connectivity index (χ4n) is 10.9. The van der Waals surface area contributed by atoms with Gasteiger partial charge in [-0.05, 0) is 120 Å². The topological polar surface area (TPSA) is 619 Å². The van der Waals surface area contributed by atoms with Crippen LogP contribution in [0, 0.1) is 11.8 Å². The molecule has 0 aliphatic heterocycles. The number of amides is 15. The fourth-order valence-corrected chi connectivity index (χ4v) is 10.9. The molecule has 0 spiro atoms. The van der Waals surface area contributed by atoms with Gasteiger partial charge in [-0.1, -0.05) is 83.7 Å². The monoisotopic (exact) mass is 1510 g/mol. The lowest BCUT2D eigenvalue weighted by Crippen LogP contribution is -2.62. The maximum Gasteiger partial charge on any atom is 0.245 e. The highest BCUT2D eigenvalue weighted by Gasteiger charge is 2.38. The third-order valence-electron chi connectivity index (χ3n) is 17.2. The van der Waals surface area contributed by atoms with Crippen LogP contribution in [0.4, 0.5) is 0 Å². The molecule has 0 aliphatic carbocycles. The molecule has 0 fully saturated rings. The molecule has 107 heavy (non-hydrogen) atoms. The van der Waals surface area contributed by atoms with Crippen LogP contribution in [0.1, 0.15) is 136 Å². The van der Waals surface area contributed by atoms with E-state index in [-0.39, 0.29) is 89.6 Å². The number of unbranched alkanes of at least 4 members (excludes halogenated alkanes) is 2. The molecule has 1 aromatic heterocycles. The van der Waals surface area contributed by atoms with Crippen molar-refractivity contribution in [2.75, 3.05) is 45.9 Å². The van der Waals surface area contributed by atoms with Crippen molar-refractivity contribution in [2.45, 2.75) is 204 Å². The predicted octanol–water partition coefficient (Wildman–Crippen LogP) is -5.52. The first-order chi connectivity index (χ1) is 50.7. The van der Waals surface area contributed by atoms with Crippen molar-refractivity contribution in [1.82, 2.24) is 74.1 Å². The SMILES string of the molecule is CC[C@H](C)[C@H](NC(=O)[C@@H](NC(=O)[C@H](C)NC(=O)[C@@H](CCCN)NC(=O)CNC(=O)[C@H](CCCN)NC(=O)[C@@H](CCCN)NC(=O)[C@@H](Cc1c[nH]c2ccccc12)NC(=O)[C@@H](Cc1ccc(O)cc1)NC(=O)[C@@H](CO)NC(=O)CCCCCC(C)C)[C@@H](C)O)C(=O)N[C@@H](CC(N)=O)C(=O)NCC(=O)NCC(N)=O. The van der Waals surface area contributed by atoms with Crippen molar-refractivity contribution in [2.24, 2.45) is 40.5 Å². The maximum atomic E-state index is 14.8. The number of aliphatic hydroxyl groups is 2. The lowest BCUT2D eigenvalue weighted by atomic mass is 9.97. The van der Waals surface area contributed by atoms with Gasteiger partial charge in [0, 0.05) is 36.4 Å². The zero-order chi connectivity index (χ0) is 79.9. The van der Waals surface area contributed by atoms with Crippen molar-refractivity contribution >= 4 is 99.5 Å². The number of hydrogen-bond donors (Lipinski definition) is 22. The number of rotatable bonds is 51. The van der Waals surface area contributed by atoms with Crippen LogP contribution in [0.5, 0.6) is 5.75 Å². The number of aliphatic hydroxyl groups excluding tert-OH is 2. The van der Waals surface area contributed by atoms with E-state index in [1.54, 1.807) is 44.3 Å². The molecule has 12 atom stereocenters. The number of H-pyrrole nitrogens is 1. The number of nitrogens with two attached hydrogens (primary N) is 5. The quantitative estimate of drug-likeness (QED) is 0.0234. The summed E-state index contributed by atoms with van der Waals surface area (Å²) in [6.45, 7) is 7.05. The molecule has 0 bridgehead atoms. The molecule has 0 aliphatic rings. The molecule has 37 nitrogen and oxygen atoms in total. The van der Waals surface area contributed by atoms with Gasteiger partial charge in [0.1, 0.15) is 66.2 Å². The van der Waals surface area contributed by atoms with Crippen molar-refractivity contribution in [3.05, 3.63) is 65.9 Å². The molecule has 3 rings (SSSR count). The van der Waals surface area contributed by atoms with Gasteiger partial charge in [-0.3, -0.25) is 71.9 Å². The van der Waals surface area contributed by atoms with Crippen LogP contribution in [-0.2, 0) is 84.8 Å². The number of para-hydroxylation sites is 1. The predicted molar refractivity (Wildman–Crippen MR) is 392 cm³/mol. The fraction of sp³-hybridized carbons (Fsp3) is 0.586. The number of carbonyl (C=O) groups is 15. The van der Waals surface area contributed by atoms with Gasteiger partial charge < -0.3 is 118 Å². The molecule has 0 saturated carbocycles. The summed E-state index contributed by atoms with van der Waals surface area (Å²) >= 11 is 0. The standard InChI is InChI=1S/C70H111N19O18/c1-7-39(4)59(69(106)87-52(32-54(74)93)63(100)78-35-57(96)77-34-55(75)94)88-70(107)60(41(6)91)89-61(98)40(5)80-64(101)48(20-14-28-72)81-58(97)36-79-62(99)47(19-13-27-71)83-65(102)49(21-15-29-73)84-67(104)51(31-43-33-76-46-18-12-11-17-45(43)46)86-66(103)50(30-42-23-25-44(92)26-24-42)85-68(105)53(37-90)82-56(95)22-10-8-9-16-38(2)3/h11-12,17-18,23-26,33,38-41,47-53,59-60,76,90-92H,7-10,13-16,19-22,27-32,34-37,71-73H2,1-6H3,(H2,74,93)(H2,75,94)(H,77,96)(H,78,100)(H,79,99)(H,80,101)(H,81,97)(H,82,95)(H,83,102)(H,84,104)(H,85,105)(H,86,103)(H,87,106)(H,88,107)(H,89,98)/t39-,40-,41+,47-,48+,49+,50+,51+,52-,53+,59-,60-/m0/s1. The van der Waals surface area contributed by atoms with Crippen LogP contribution in [0.25, 0.3) is 10.9 Å². The van der Waals surface area contributed by atoms with E-state index < -0.39 is 194 Å². The molecular formula is C70H111N19O18. The number of benzene rings is 2. The van der Waals surface area contributed by atoms with E-state index in [4.69, 9.17) is 28.7 Å². The largest absolute Gasteiger partial charge is 0.508 e. The first-order valence-electron chi connectivity index (χ1n) is 35.9. The van der Waals surface area contributed by atoms with Gasteiger partial charge in [0.25, 0.3) is 0 Å². The van der Waals surface area contributed by atoms with Crippen LogP contribution in [-0.4, -0.2) is 221 Å². The summed E-state index contributed by atoms with van der Waals surface area (Å²) in [4.78, 5) is 205. The minimum atomic E-state index is -1.79. The average Bonchev–Trinajstić information content (AvgIpc) is 1.72. The first kappa shape index (κ1) is 90.8. The third-order valence-corrected chi connectivity index (χ3v) is 17.2. The summed E-state index contributed by atoms with van der Waals surface area (Å²) in [7, 11) is 0. The summed E-state index contributed by atoms with van der Waals surface area (Å²) in [5.74, 6) is -14.0. The van der Waals surface area contributed by atoms with Crippen molar-refractivity contribution in [1.29, 1.82) is 0 Å². The molecule has 1 heterocycles. The minimum absolute atomic E-state index is 0.0377. The van der Waals surface area contributed by atoms with E-state index >= 15 is 0 Å². The molecule has 2 aromatic carbocycles. The molecule has 37 heteroatoms. The molecule has 3 aromatic rings. The summed E-state index contributed by atoms with van der Waals surface area (Å²) in [6, 6.07) is -2.16. The molecule has 15 amide bonds.